The molecule has 2 aromatic rings. The Morgan fingerprint density at radius 3 is 2.31 bits per heavy atom. The molecule has 0 radical (unpaired) electrons. The third-order valence-electron chi connectivity index (χ3n) is 4.91. The zero-order valence-corrected chi connectivity index (χ0v) is 15.6. The summed E-state index contributed by atoms with van der Waals surface area (Å²) in [6.07, 6.45) is 0.742. The predicted molar refractivity (Wildman–Crippen MR) is 98.3 cm³/mol. The molecule has 0 aromatic heterocycles. The number of benzene rings is 2. The van der Waals surface area contributed by atoms with Crippen molar-refractivity contribution in [3.63, 3.8) is 0 Å². The van der Waals surface area contributed by atoms with Gasteiger partial charge in [-0.2, -0.15) is 0 Å². The number of fused-ring (bicyclic) bond motifs is 1. The van der Waals surface area contributed by atoms with Gasteiger partial charge in [0.25, 0.3) is 5.91 Å². The smallest absolute Gasteiger partial charge is 0.254 e. The van der Waals surface area contributed by atoms with E-state index >= 15 is 0 Å². The van der Waals surface area contributed by atoms with Crippen molar-refractivity contribution >= 4 is 5.91 Å². The van der Waals surface area contributed by atoms with Crippen LogP contribution in [0.4, 0.5) is 4.39 Å². The van der Waals surface area contributed by atoms with E-state index < -0.39 is 0 Å². The zero-order valence-electron chi connectivity index (χ0n) is 15.6. The van der Waals surface area contributed by atoms with E-state index in [1.165, 1.54) is 17.7 Å². The van der Waals surface area contributed by atoms with Gasteiger partial charge in [-0.3, -0.25) is 4.79 Å². The Kier molecular flexibility index (Phi) is 5.16. The van der Waals surface area contributed by atoms with Crippen molar-refractivity contribution in [2.45, 2.75) is 26.3 Å². The summed E-state index contributed by atoms with van der Waals surface area (Å²) in [4.78, 5) is 14.9. The molecule has 0 N–H and O–H groups in total. The Balaban J connectivity index is 2.02. The minimum atomic E-state index is -0.345. The van der Waals surface area contributed by atoms with E-state index in [-0.39, 0.29) is 23.7 Å². The van der Waals surface area contributed by atoms with Crippen molar-refractivity contribution in [3.05, 3.63) is 58.9 Å². The third-order valence-corrected chi connectivity index (χ3v) is 4.91. The van der Waals surface area contributed by atoms with Crippen LogP contribution in [0.5, 0.6) is 11.5 Å². The number of nitrogens with zero attached hydrogens (tertiary/aromatic N) is 1. The molecular formula is C21H24FNO3. The summed E-state index contributed by atoms with van der Waals surface area (Å²) in [5.74, 6) is 1.16. The van der Waals surface area contributed by atoms with E-state index in [2.05, 4.69) is 13.8 Å². The van der Waals surface area contributed by atoms with Gasteiger partial charge in [-0.25, -0.2) is 4.39 Å². The predicted octanol–water partition coefficient (Wildman–Crippen LogP) is 4.24. The van der Waals surface area contributed by atoms with Crippen molar-refractivity contribution in [2.24, 2.45) is 5.92 Å². The number of hydrogen-bond donors (Lipinski definition) is 0. The van der Waals surface area contributed by atoms with Crippen LogP contribution in [0, 0.1) is 11.7 Å². The number of halogens is 1. The fraction of sp³-hybridized carbons (Fsp3) is 0.381. The molecule has 2 aromatic carbocycles. The van der Waals surface area contributed by atoms with Crippen LogP contribution in [0.2, 0.25) is 0 Å². The highest BCUT2D eigenvalue weighted by molar-refractivity contribution is 5.94. The first-order chi connectivity index (χ1) is 12.5. The van der Waals surface area contributed by atoms with Gasteiger partial charge in [0.15, 0.2) is 11.5 Å². The van der Waals surface area contributed by atoms with Gasteiger partial charge in [0.05, 0.1) is 20.3 Å². The van der Waals surface area contributed by atoms with Gasteiger partial charge in [-0.05, 0) is 59.9 Å². The lowest BCUT2D eigenvalue weighted by Gasteiger charge is -2.40. The van der Waals surface area contributed by atoms with Crippen molar-refractivity contribution in [1.29, 1.82) is 0 Å². The Hall–Kier alpha value is -2.56. The van der Waals surface area contributed by atoms with Gasteiger partial charge in [0.1, 0.15) is 5.82 Å². The first-order valence-corrected chi connectivity index (χ1v) is 8.77. The lowest BCUT2D eigenvalue weighted by atomic mass is 9.85. The summed E-state index contributed by atoms with van der Waals surface area (Å²) >= 11 is 0. The Morgan fingerprint density at radius 1 is 1.12 bits per heavy atom. The van der Waals surface area contributed by atoms with Crippen molar-refractivity contribution in [1.82, 2.24) is 4.90 Å². The molecule has 26 heavy (non-hydrogen) atoms. The first kappa shape index (κ1) is 18.2. The van der Waals surface area contributed by atoms with E-state index in [0.29, 0.717) is 23.6 Å². The molecule has 1 heterocycles. The molecule has 138 valence electrons. The average molecular weight is 357 g/mol. The van der Waals surface area contributed by atoms with Crippen LogP contribution in [0.3, 0.4) is 0 Å². The number of carbonyl (C=O) groups is 1. The van der Waals surface area contributed by atoms with Crippen molar-refractivity contribution in [3.8, 4) is 11.5 Å². The summed E-state index contributed by atoms with van der Waals surface area (Å²) in [7, 11) is 3.23. The molecule has 0 bridgehead atoms. The monoisotopic (exact) mass is 357 g/mol. The highest BCUT2D eigenvalue weighted by atomic mass is 19.1. The second-order valence-electron chi connectivity index (χ2n) is 6.85. The Morgan fingerprint density at radius 2 is 1.73 bits per heavy atom. The lowest BCUT2D eigenvalue weighted by molar-refractivity contribution is 0.0602. The number of ether oxygens (including phenoxy) is 2. The second-order valence-corrected chi connectivity index (χ2v) is 6.85. The van der Waals surface area contributed by atoms with Crippen molar-refractivity contribution < 1.29 is 18.7 Å². The zero-order chi connectivity index (χ0) is 18.8. The minimum absolute atomic E-state index is 0.0730. The Bertz CT molecular complexity index is 802. The molecule has 4 nitrogen and oxygen atoms in total. The molecule has 3 rings (SSSR count). The summed E-state index contributed by atoms with van der Waals surface area (Å²) in [5.41, 5.74) is 2.75. The van der Waals surface area contributed by atoms with E-state index in [1.807, 2.05) is 17.0 Å². The fourth-order valence-electron chi connectivity index (χ4n) is 3.68. The third kappa shape index (κ3) is 3.26. The van der Waals surface area contributed by atoms with Crippen molar-refractivity contribution in [2.75, 3.05) is 20.8 Å². The standard InChI is InChI=1S/C21H24FNO3/c1-13(2)20-17-12-19(26-4)18(25-3)11-15(17)9-10-23(20)21(24)14-5-7-16(22)8-6-14/h5-8,11-13,20H,9-10H2,1-4H3. The van der Waals surface area contributed by atoms with Crippen LogP contribution >= 0.6 is 0 Å². The van der Waals surface area contributed by atoms with Gasteiger partial charge >= 0.3 is 0 Å². The maximum atomic E-state index is 13.2. The average Bonchev–Trinajstić information content (AvgIpc) is 2.65. The maximum Gasteiger partial charge on any atom is 0.254 e. The van der Waals surface area contributed by atoms with Gasteiger partial charge in [-0.15, -0.1) is 0 Å². The van der Waals surface area contributed by atoms with E-state index in [1.54, 1.807) is 26.4 Å². The molecule has 0 saturated heterocycles. The maximum absolute atomic E-state index is 13.2. The SMILES string of the molecule is COc1cc2c(cc1OC)C(C(C)C)N(C(=O)c1ccc(F)cc1)CC2. The second kappa shape index (κ2) is 7.36. The normalized spacial score (nSPS) is 16.4. The molecule has 1 unspecified atom stereocenters. The molecule has 1 aliphatic rings. The van der Waals surface area contributed by atoms with Crippen LogP contribution in [0.1, 0.15) is 41.4 Å². The molecule has 0 aliphatic carbocycles. The van der Waals surface area contributed by atoms with E-state index in [9.17, 15) is 9.18 Å². The van der Waals surface area contributed by atoms with E-state index in [0.717, 1.165) is 12.0 Å². The highest BCUT2D eigenvalue weighted by Crippen LogP contribution is 2.41. The molecule has 1 atom stereocenters. The summed E-state index contributed by atoms with van der Waals surface area (Å²) in [6.45, 7) is 4.81. The molecular weight excluding hydrogens is 333 g/mol. The summed E-state index contributed by atoms with van der Waals surface area (Å²) in [6, 6.07) is 9.63. The molecule has 1 aliphatic heterocycles. The number of rotatable bonds is 4. The van der Waals surface area contributed by atoms with Crippen LogP contribution in [-0.4, -0.2) is 31.6 Å². The fourth-order valence-corrected chi connectivity index (χ4v) is 3.68. The Labute approximate surface area is 153 Å². The van der Waals surface area contributed by atoms with Crippen LogP contribution in [-0.2, 0) is 6.42 Å². The summed E-state index contributed by atoms with van der Waals surface area (Å²) < 4.78 is 24.1. The van der Waals surface area contributed by atoms with Crippen LogP contribution in [0.15, 0.2) is 36.4 Å². The highest BCUT2D eigenvalue weighted by Gasteiger charge is 2.34. The molecule has 0 spiro atoms. The largest absolute Gasteiger partial charge is 0.493 e. The molecule has 0 saturated carbocycles. The van der Waals surface area contributed by atoms with Crippen LogP contribution in [0.25, 0.3) is 0 Å². The lowest BCUT2D eigenvalue weighted by Crippen LogP contribution is -2.42. The van der Waals surface area contributed by atoms with Gasteiger partial charge in [0.2, 0.25) is 0 Å². The summed E-state index contributed by atoms with van der Waals surface area (Å²) in [5, 5.41) is 0. The van der Waals surface area contributed by atoms with Crippen LogP contribution < -0.4 is 9.47 Å². The van der Waals surface area contributed by atoms with Gasteiger partial charge < -0.3 is 14.4 Å². The van der Waals surface area contributed by atoms with Gasteiger partial charge in [0, 0.05) is 12.1 Å². The number of carbonyl (C=O) groups excluding carboxylic acids is 1. The minimum Gasteiger partial charge on any atom is -0.493 e. The number of amides is 1. The topological polar surface area (TPSA) is 38.8 Å². The molecule has 1 amide bonds. The molecule has 5 heteroatoms. The van der Waals surface area contributed by atoms with Gasteiger partial charge in [-0.1, -0.05) is 13.8 Å². The number of methoxy groups -OCH3 is 2. The van der Waals surface area contributed by atoms with E-state index in [4.69, 9.17) is 9.47 Å². The quantitative estimate of drug-likeness (QED) is 0.822. The number of hydrogen-bond acceptors (Lipinski definition) is 3. The first-order valence-electron chi connectivity index (χ1n) is 8.77. The molecule has 0 fully saturated rings.